The van der Waals surface area contributed by atoms with E-state index < -0.39 is 16.9 Å². The van der Waals surface area contributed by atoms with E-state index in [9.17, 15) is 20.0 Å². The number of nitro benzene ring substituents is 1. The Morgan fingerprint density at radius 3 is 2.87 bits per heavy atom. The molecule has 2 unspecified atom stereocenters. The smallest absolute Gasteiger partial charge is 0.282 e. The fraction of sp³-hybridized carbons (Fsp3) is 0.308. The molecule has 10 heteroatoms. The highest BCUT2D eigenvalue weighted by atomic mass is 16.6. The molecular formula is C13H14N6O4. The van der Waals surface area contributed by atoms with Crippen molar-refractivity contribution in [1.82, 2.24) is 15.8 Å². The number of aromatic nitrogens is 1. The maximum Gasteiger partial charge on any atom is 0.282 e. The van der Waals surface area contributed by atoms with Gasteiger partial charge in [0.25, 0.3) is 11.6 Å². The number of H-pyrrole nitrogens is 1. The molecule has 4 N–H and O–H groups in total. The Labute approximate surface area is 129 Å². The number of amides is 1. The molecule has 23 heavy (non-hydrogen) atoms. The minimum atomic E-state index is -0.551. The lowest BCUT2D eigenvalue weighted by Crippen LogP contribution is -2.36. The number of non-ortho nitro benzene ring substituents is 1. The molecule has 2 aromatic rings. The number of aromatic amines is 1. The van der Waals surface area contributed by atoms with E-state index in [-0.39, 0.29) is 23.3 Å². The number of hydrazine groups is 1. The number of nitrogens with zero attached hydrogens (tertiary/aromatic N) is 3. The number of nitro groups is 1. The second kappa shape index (κ2) is 5.74. The molecule has 120 valence electrons. The number of hydrogen-bond donors (Lipinski definition) is 4. The topological polar surface area (TPSA) is 145 Å². The monoisotopic (exact) mass is 318 g/mol. The third-order valence-electron chi connectivity index (χ3n) is 3.59. The summed E-state index contributed by atoms with van der Waals surface area (Å²) in [5.74, 6) is -0.788. The van der Waals surface area contributed by atoms with Crippen LogP contribution in [0, 0.1) is 10.1 Å². The molecule has 0 aliphatic carbocycles. The van der Waals surface area contributed by atoms with Gasteiger partial charge in [-0.1, -0.05) is 0 Å². The maximum atomic E-state index is 11.9. The molecule has 1 saturated heterocycles. The van der Waals surface area contributed by atoms with Crippen molar-refractivity contribution < 1.29 is 14.8 Å². The molecule has 1 amide bonds. The molecule has 10 nitrogen and oxygen atoms in total. The molecule has 1 aromatic heterocycles. The molecule has 3 rings (SSSR count). The Kier molecular flexibility index (Phi) is 3.76. The van der Waals surface area contributed by atoms with Gasteiger partial charge in [0.1, 0.15) is 6.04 Å². The first-order valence-electron chi connectivity index (χ1n) is 6.91. The van der Waals surface area contributed by atoms with Crippen LogP contribution in [0.3, 0.4) is 0 Å². The van der Waals surface area contributed by atoms with Gasteiger partial charge in [0.2, 0.25) is 5.88 Å². The second-order valence-electron chi connectivity index (χ2n) is 5.33. The quantitative estimate of drug-likeness (QED) is 0.384. The molecular weight excluding hydrogens is 304 g/mol. The number of hydrogen-bond acceptors (Lipinski definition) is 7. The van der Waals surface area contributed by atoms with E-state index in [1.165, 1.54) is 18.2 Å². The van der Waals surface area contributed by atoms with Gasteiger partial charge in [-0.15, -0.1) is 10.2 Å². The number of carbonyl (C=O) groups is 1. The number of azo groups is 1. The van der Waals surface area contributed by atoms with Crippen LogP contribution in [0.15, 0.2) is 28.4 Å². The molecule has 2 atom stereocenters. The van der Waals surface area contributed by atoms with Crippen molar-refractivity contribution in [1.29, 1.82) is 0 Å². The van der Waals surface area contributed by atoms with Crippen LogP contribution >= 0.6 is 0 Å². The minimum Gasteiger partial charge on any atom is -0.493 e. The number of rotatable bonds is 3. The highest BCUT2D eigenvalue weighted by molar-refractivity contribution is 5.96. The van der Waals surface area contributed by atoms with Crippen LogP contribution in [-0.4, -0.2) is 33.0 Å². The Bertz CT molecular complexity index is 814. The van der Waals surface area contributed by atoms with Crippen LogP contribution in [0.4, 0.5) is 11.4 Å². The molecule has 1 aliphatic rings. The lowest BCUT2D eigenvalue weighted by atomic mass is 10.1. The second-order valence-corrected chi connectivity index (χ2v) is 5.33. The summed E-state index contributed by atoms with van der Waals surface area (Å²) < 4.78 is 0. The summed E-state index contributed by atoms with van der Waals surface area (Å²) in [5.41, 5.74) is 6.02. The van der Waals surface area contributed by atoms with Crippen molar-refractivity contribution in [2.75, 3.05) is 0 Å². The Hall–Kier alpha value is -2.85. The Morgan fingerprint density at radius 1 is 1.43 bits per heavy atom. The zero-order chi connectivity index (χ0) is 16.6. The lowest BCUT2D eigenvalue weighted by molar-refractivity contribution is -0.384. The fourth-order valence-corrected chi connectivity index (χ4v) is 2.41. The molecule has 0 radical (unpaired) electrons. The number of aromatic hydroxyl groups is 1. The average Bonchev–Trinajstić information content (AvgIpc) is 3.07. The van der Waals surface area contributed by atoms with Crippen LogP contribution in [0.5, 0.6) is 5.88 Å². The van der Waals surface area contributed by atoms with Gasteiger partial charge in [-0.3, -0.25) is 20.3 Å². The molecule has 0 saturated carbocycles. The zero-order valence-electron chi connectivity index (χ0n) is 12.1. The van der Waals surface area contributed by atoms with Gasteiger partial charge in [-0.25, -0.2) is 5.43 Å². The third-order valence-corrected chi connectivity index (χ3v) is 3.59. The van der Waals surface area contributed by atoms with Gasteiger partial charge in [-0.2, -0.15) is 0 Å². The van der Waals surface area contributed by atoms with Gasteiger partial charge < -0.3 is 10.1 Å². The van der Waals surface area contributed by atoms with Crippen molar-refractivity contribution in [2.45, 2.75) is 25.4 Å². The summed E-state index contributed by atoms with van der Waals surface area (Å²) in [6.45, 7) is 1.92. The van der Waals surface area contributed by atoms with E-state index in [1.54, 1.807) is 0 Å². The van der Waals surface area contributed by atoms with Crippen LogP contribution in [-0.2, 0) is 4.79 Å². The first-order chi connectivity index (χ1) is 11.0. The normalized spacial score (nSPS) is 21.3. The lowest BCUT2D eigenvalue weighted by Gasteiger charge is -2.01. The molecule has 2 heterocycles. The number of nitrogens with one attached hydrogen (secondary N) is 3. The Balaban J connectivity index is 1.91. The molecule has 0 bridgehead atoms. The standard InChI is InChI=1S/C13H14N6O4/c1-6-4-10(16-15-6)12(20)18-17-11-8-5-7(19(22)23)2-3-9(8)14-13(11)21/h2-3,5-6,10,14-16,21H,4H2,1H3. The first kappa shape index (κ1) is 15.1. The van der Waals surface area contributed by atoms with Crippen molar-refractivity contribution in [3.63, 3.8) is 0 Å². The predicted molar refractivity (Wildman–Crippen MR) is 80.3 cm³/mol. The van der Waals surface area contributed by atoms with Crippen LogP contribution in [0.1, 0.15) is 13.3 Å². The van der Waals surface area contributed by atoms with Crippen LogP contribution < -0.4 is 10.9 Å². The van der Waals surface area contributed by atoms with E-state index in [4.69, 9.17) is 0 Å². The van der Waals surface area contributed by atoms with Crippen LogP contribution in [0.2, 0.25) is 0 Å². The van der Waals surface area contributed by atoms with E-state index in [0.717, 1.165) is 0 Å². The molecule has 1 aromatic carbocycles. The summed E-state index contributed by atoms with van der Waals surface area (Å²) in [5, 5.41) is 28.4. The molecule has 1 aliphatic heterocycles. The van der Waals surface area contributed by atoms with Crippen LogP contribution in [0.25, 0.3) is 10.9 Å². The van der Waals surface area contributed by atoms with Crippen molar-refractivity contribution in [3.05, 3.63) is 28.3 Å². The van der Waals surface area contributed by atoms with Gasteiger partial charge in [0.05, 0.1) is 10.4 Å². The van der Waals surface area contributed by atoms with Crippen molar-refractivity contribution in [2.24, 2.45) is 10.2 Å². The average molecular weight is 318 g/mol. The van der Waals surface area contributed by atoms with Gasteiger partial charge >= 0.3 is 0 Å². The van der Waals surface area contributed by atoms with Gasteiger partial charge in [-0.05, 0) is 19.4 Å². The van der Waals surface area contributed by atoms with E-state index in [1.807, 2.05) is 6.92 Å². The number of carbonyl (C=O) groups excluding carboxylic acids is 1. The number of benzene rings is 1. The zero-order valence-corrected chi connectivity index (χ0v) is 12.1. The first-order valence-corrected chi connectivity index (χ1v) is 6.91. The highest BCUT2D eigenvalue weighted by Gasteiger charge is 2.26. The van der Waals surface area contributed by atoms with E-state index in [2.05, 4.69) is 26.1 Å². The number of fused-ring (bicyclic) bond motifs is 1. The highest BCUT2D eigenvalue weighted by Crippen LogP contribution is 2.37. The molecule has 1 fully saturated rings. The summed E-state index contributed by atoms with van der Waals surface area (Å²) in [6.07, 6.45) is 0.573. The summed E-state index contributed by atoms with van der Waals surface area (Å²) in [4.78, 5) is 24.9. The van der Waals surface area contributed by atoms with Gasteiger partial charge in [0, 0.05) is 23.6 Å². The minimum absolute atomic E-state index is 0.00365. The Morgan fingerprint density at radius 2 is 2.22 bits per heavy atom. The SMILES string of the molecule is CC1CC(C(=O)N=Nc2c(O)[nH]c3ccc([N+](=O)[O-])cc23)NN1. The van der Waals surface area contributed by atoms with E-state index in [0.29, 0.717) is 17.3 Å². The molecule has 0 spiro atoms. The predicted octanol–water partition coefficient (Wildman–Crippen LogP) is 1.65. The largest absolute Gasteiger partial charge is 0.493 e. The maximum absolute atomic E-state index is 11.9. The third kappa shape index (κ3) is 2.89. The summed E-state index contributed by atoms with van der Waals surface area (Å²) in [7, 11) is 0. The summed E-state index contributed by atoms with van der Waals surface area (Å²) >= 11 is 0. The van der Waals surface area contributed by atoms with Crippen molar-refractivity contribution >= 4 is 28.2 Å². The fourth-order valence-electron chi connectivity index (χ4n) is 2.41. The van der Waals surface area contributed by atoms with E-state index >= 15 is 0 Å². The van der Waals surface area contributed by atoms with Gasteiger partial charge in [0.15, 0.2) is 5.69 Å². The van der Waals surface area contributed by atoms with Crippen molar-refractivity contribution in [3.8, 4) is 5.88 Å². The summed E-state index contributed by atoms with van der Waals surface area (Å²) in [6, 6.07) is 3.68.